The van der Waals surface area contributed by atoms with Crippen LogP contribution in [0.15, 0.2) is 39.7 Å². The number of furan rings is 1. The summed E-state index contributed by atoms with van der Waals surface area (Å²) in [6.07, 6.45) is -10.1. The second-order valence-corrected chi connectivity index (χ2v) is 11.0. The van der Waals surface area contributed by atoms with Crippen molar-refractivity contribution in [3.63, 3.8) is 0 Å². The fraction of sp³-hybridized carbons (Fsp3) is 0.400. The second kappa shape index (κ2) is 12.1. The Labute approximate surface area is 239 Å². The number of piperazine rings is 1. The number of thiocarbonyl (C=S) groups is 1. The minimum atomic E-state index is -5.00. The molecule has 1 amide bonds. The highest BCUT2D eigenvalue weighted by Gasteiger charge is 2.37. The molecule has 3 heterocycles. The summed E-state index contributed by atoms with van der Waals surface area (Å²) in [5, 5.41) is 18.3. The van der Waals surface area contributed by atoms with Gasteiger partial charge in [-0.1, -0.05) is 24.0 Å². The van der Waals surface area contributed by atoms with Crippen molar-refractivity contribution in [1.82, 2.24) is 14.7 Å². The molecule has 1 unspecified atom stereocenters. The Kier molecular flexibility index (Phi) is 9.18. The number of thioether (sulfide) groups is 1. The number of β-amino-alcohol motifs (C(OH)–C–C–N with tert-alkyl or cyclic N) is 1. The highest BCUT2D eigenvalue weighted by atomic mass is 32.2. The summed E-state index contributed by atoms with van der Waals surface area (Å²) in [7, 11) is 0. The zero-order valence-corrected chi connectivity index (χ0v) is 22.7. The molecule has 2 fully saturated rings. The van der Waals surface area contributed by atoms with E-state index in [2.05, 4.69) is 4.90 Å². The maximum absolute atomic E-state index is 13.2. The third-order valence-corrected chi connectivity index (χ3v) is 7.84. The number of amides is 1. The van der Waals surface area contributed by atoms with Crippen molar-refractivity contribution in [2.75, 3.05) is 45.8 Å². The average Bonchev–Trinajstić information content (AvgIpc) is 3.46. The number of aliphatic hydroxyl groups is 1. The van der Waals surface area contributed by atoms with E-state index in [1.54, 1.807) is 0 Å². The molecular weight excluding hydrogens is 600 g/mol. The van der Waals surface area contributed by atoms with Crippen molar-refractivity contribution in [1.29, 1.82) is 0 Å². The van der Waals surface area contributed by atoms with Crippen molar-refractivity contribution in [3.8, 4) is 11.3 Å². The molecule has 0 radical (unpaired) electrons. The third-order valence-electron chi connectivity index (χ3n) is 6.47. The predicted molar refractivity (Wildman–Crippen MR) is 141 cm³/mol. The number of benzene rings is 1. The largest absolute Gasteiger partial charge is 0.479 e. The Balaban J connectivity index is 1.40. The predicted octanol–water partition coefficient (Wildman–Crippen LogP) is 4.25. The summed E-state index contributed by atoms with van der Waals surface area (Å²) < 4.78 is 85.1. The van der Waals surface area contributed by atoms with E-state index in [0.717, 1.165) is 11.8 Å². The molecule has 1 aromatic heterocycles. The van der Waals surface area contributed by atoms with Crippen molar-refractivity contribution in [2.45, 2.75) is 18.5 Å². The van der Waals surface area contributed by atoms with E-state index in [4.69, 9.17) is 21.7 Å². The molecule has 0 bridgehead atoms. The molecule has 16 heteroatoms. The first kappa shape index (κ1) is 31.0. The third kappa shape index (κ3) is 7.68. The summed E-state index contributed by atoms with van der Waals surface area (Å²) >= 11 is 6.31. The minimum Gasteiger partial charge on any atom is -0.479 e. The molecule has 0 spiro atoms. The van der Waals surface area contributed by atoms with Gasteiger partial charge in [-0.25, -0.2) is 4.79 Å². The van der Waals surface area contributed by atoms with E-state index in [9.17, 15) is 41.0 Å². The first-order chi connectivity index (χ1) is 19.1. The molecule has 2 aliphatic rings. The van der Waals surface area contributed by atoms with E-state index in [-0.39, 0.29) is 39.9 Å². The standard InChI is InChI=1S/C25H23F6N3O5S2/c26-24(27,28)15-9-14(10-16(11-15)25(29,30)31)19-2-1-17(39-19)12-20-21(36)34(23(40)41-20)8-7-32-3-5-33(6-4-32)13-18(35)22(37)38/h1-2,9-12,18,35H,3-8,13H2,(H,37,38). The van der Waals surface area contributed by atoms with Crippen molar-refractivity contribution >= 4 is 46.3 Å². The number of rotatable bonds is 8. The number of nitrogens with zero attached hydrogens (tertiary/aromatic N) is 3. The number of aliphatic carboxylic acids is 1. The van der Waals surface area contributed by atoms with E-state index < -0.39 is 47.0 Å². The number of carboxylic acids is 1. The first-order valence-electron chi connectivity index (χ1n) is 12.1. The van der Waals surface area contributed by atoms with Gasteiger partial charge in [0.1, 0.15) is 15.8 Å². The number of carboxylic acid groups (broad SMARTS) is 1. The van der Waals surface area contributed by atoms with Crippen LogP contribution in [-0.2, 0) is 21.9 Å². The number of halogens is 6. The van der Waals surface area contributed by atoms with Crippen LogP contribution in [0, 0.1) is 0 Å². The molecule has 2 saturated heterocycles. The van der Waals surface area contributed by atoms with Gasteiger partial charge in [0.25, 0.3) is 5.91 Å². The summed E-state index contributed by atoms with van der Waals surface area (Å²) in [6, 6.07) is 3.70. The molecule has 4 rings (SSSR count). The van der Waals surface area contributed by atoms with Crippen LogP contribution in [0.3, 0.4) is 0 Å². The van der Waals surface area contributed by atoms with Crippen LogP contribution in [0.4, 0.5) is 26.3 Å². The molecular formula is C25H23F6N3O5S2. The molecule has 2 aliphatic heterocycles. The average molecular weight is 624 g/mol. The Bertz CT molecular complexity index is 1320. The number of hydrogen-bond acceptors (Lipinski definition) is 8. The van der Waals surface area contributed by atoms with Gasteiger partial charge in [-0.05, 0) is 30.3 Å². The van der Waals surface area contributed by atoms with Gasteiger partial charge in [0.05, 0.1) is 16.0 Å². The molecule has 0 aliphatic carbocycles. The van der Waals surface area contributed by atoms with Gasteiger partial charge >= 0.3 is 18.3 Å². The van der Waals surface area contributed by atoms with Crippen LogP contribution >= 0.6 is 24.0 Å². The summed E-state index contributed by atoms with van der Waals surface area (Å²) in [5.41, 5.74) is -3.36. The Morgan fingerprint density at radius 3 is 2.15 bits per heavy atom. The van der Waals surface area contributed by atoms with Gasteiger partial charge in [-0.2, -0.15) is 26.3 Å². The number of aliphatic hydroxyl groups excluding tert-OH is 1. The Hall–Kier alpha value is -2.92. The Morgan fingerprint density at radius 2 is 1.59 bits per heavy atom. The van der Waals surface area contributed by atoms with Gasteiger partial charge in [-0.3, -0.25) is 19.5 Å². The van der Waals surface area contributed by atoms with Crippen molar-refractivity contribution in [3.05, 3.63) is 52.1 Å². The molecule has 2 aromatic rings. The van der Waals surface area contributed by atoms with Gasteiger partial charge in [0.15, 0.2) is 6.10 Å². The van der Waals surface area contributed by atoms with Crippen molar-refractivity contribution in [2.24, 2.45) is 0 Å². The summed E-state index contributed by atoms with van der Waals surface area (Å²) in [4.78, 5) is 29.3. The topological polar surface area (TPSA) is 97.5 Å². The fourth-order valence-corrected chi connectivity index (χ4v) is 5.55. The van der Waals surface area contributed by atoms with Crippen molar-refractivity contribution < 1.29 is 50.6 Å². The quantitative estimate of drug-likeness (QED) is 0.254. The maximum atomic E-state index is 13.2. The zero-order valence-electron chi connectivity index (χ0n) is 21.0. The lowest BCUT2D eigenvalue weighted by Crippen LogP contribution is -2.51. The van der Waals surface area contributed by atoms with Crippen LogP contribution in [0.25, 0.3) is 17.4 Å². The SMILES string of the molecule is O=C(O)C(O)CN1CCN(CCN2C(=O)C(=Cc3ccc(-c4cc(C(F)(F)F)cc(C(F)(F)F)c4)o3)SC2=S)CC1. The monoisotopic (exact) mass is 623 g/mol. The molecule has 2 N–H and O–H groups in total. The number of carbonyl (C=O) groups excluding carboxylic acids is 1. The van der Waals surface area contributed by atoms with Crippen LogP contribution in [0.5, 0.6) is 0 Å². The van der Waals surface area contributed by atoms with Gasteiger partial charge in [-0.15, -0.1) is 0 Å². The Morgan fingerprint density at radius 1 is 1.00 bits per heavy atom. The number of hydrogen-bond donors (Lipinski definition) is 2. The van der Waals surface area contributed by atoms with Gasteiger partial charge in [0.2, 0.25) is 0 Å². The van der Waals surface area contributed by atoms with Crippen LogP contribution in [0.1, 0.15) is 16.9 Å². The molecule has 8 nitrogen and oxygen atoms in total. The second-order valence-electron chi connectivity index (χ2n) is 9.33. The maximum Gasteiger partial charge on any atom is 0.416 e. The van der Waals surface area contributed by atoms with E-state index in [0.29, 0.717) is 44.9 Å². The van der Waals surface area contributed by atoms with E-state index in [1.165, 1.54) is 23.1 Å². The minimum absolute atomic E-state index is 0.0222. The van der Waals surface area contributed by atoms with Gasteiger partial charge in [0, 0.05) is 57.5 Å². The van der Waals surface area contributed by atoms with Crippen LogP contribution in [0.2, 0.25) is 0 Å². The zero-order chi connectivity index (χ0) is 30.1. The molecule has 0 saturated carbocycles. The van der Waals surface area contributed by atoms with E-state index >= 15 is 0 Å². The smallest absolute Gasteiger partial charge is 0.416 e. The lowest BCUT2D eigenvalue weighted by Gasteiger charge is -2.35. The molecule has 1 aromatic carbocycles. The lowest BCUT2D eigenvalue weighted by atomic mass is 10.0. The van der Waals surface area contributed by atoms with E-state index in [1.807, 2.05) is 4.90 Å². The highest BCUT2D eigenvalue weighted by molar-refractivity contribution is 8.26. The molecule has 41 heavy (non-hydrogen) atoms. The number of alkyl halides is 6. The molecule has 1 atom stereocenters. The molecule has 222 valence electrons. The summed E-state index contributed by atoms with van der Waals surface area (Å²) in [5.74, 6) is -1.89. The normalized spacial score (nSPS) is 19.4. The lowest BCUT2D eigenvalue weighted by molar-refractivity contribution is -0.148. The fourth-order valence-electron chi connectivity index (χ4n) is 4.26. The van der Waals surface area contributed by atoms with Crippen LogP contribution < -0.4 is 0 Å². The highest BCUT2D eigenvalue weighted by Crippen LogP contribution is 2.39. The summed E-state index contributed by atoms with van der Waals surface area (Å²) in [6.45, 7) is 3.05. The van der Waals surface area contributed by atoms with Gasteiger partial charge < -0.3 is 14.6 Å². The number of carbonyl (C=O) groups is 2. The van der Waals surface area contributed by atoms with Crippen LogP contribution in [-0.4, -0.2) is 93.0 Å². The first-order valence-corrected chi connectivity index (χ1v) is 13.3.